The predicted octanol–water partition coefficient (Wildman–Crippen LogP) is 1.40. The molecule has 1 N–H and O–H groups in total. The van der Waals surface area contributed by atoms with Crippen molar-refractivity contribution in [1.82, 2.24) is 4.90 Å². The minimum atomic E-state index is -0.900. The zero-order valence-corrected chi connectivity index (χ0v) is 8.94. The summed E-state index contributed by atoms with van der Waals surface area (Å²) in [5, 5.41) is 17.1. The van der Waals surface area contributed by atoms with Crippen LogP contribution in [0.5, 0.6) is 0 Å². The van der Waals surface area contributed by atoms with Crippen LogP contribution in [0.1, 0.15) is 26.2 Å². The van der Waals surface area contributed by atoms with Crippen molar-refractivity contribution in [2.45, 2.75) is 32.2 Å². The van der Waals surface area contributed by atoms with Gasteiger partial charge in [-0.05, 0) is 19.8 Å². The molecule has 0 heterocycles. The number of hydrogen-bond donors (Lipinski definition) is 1. The van der Waals surface area contributed by atoms with Crippen molar-refractivity contribution < 1.29 is 9.90 Å². The highest BCUT2D eigenvalue weighted by molar-refractivity contribution is 5.80. The molecule has 0 spiro atoms. The van der Waals surface area contributed by atoms with Crippen molar-refractivity contribution in [3.05, 3.63) is 11.6 Å². The highest BCUT2D eigenvalue weighted by Gasteiger charge is 2.28. The van der Waals surface area contributed by atoms with Gasteiger partial charge in [0.2, 0.25) is 0 Å². The molecule has 1 aliphatic rings. The molecule has 0 atom stereocenters. The van der Waals surface area contributed by atoms with Gasteiger partial charge in [0.1, 0.15) is 0 Å². The Morgan fingerprint density at radius 2 is 2.33 bits per heavy atom. The molecule has 0 amide bonds. The molecule has 1 fully saturated rings. The van der Waals surface area contributed by atoms with E-state index in [1.807, 2.05) is 6.92 Å². The third-order valence-electron chi connectivity index (χ3n) is 2.40. The van der Waals surface area contributed by atoms with E-state index >= 15 is 0 Å². The molecule has 82 valence electrons. The van der Waals surface area contributed by atoms with E-state index < -0.39 is 5.97 Å². The Labute approximate surface area is 89.8 Å². The Bertz CT molecular complexity index is 300. The van der Waals surface area contributed by atoms with Crippen LogP contribution in [0.3, 0.4) is 0 Å². The maximum Gasteiger partial charge on any atom is 0.328 e. The van der Waals surface area contributed by atoms with Crippen molar-refractivity contribution in [3.63, 3.8) is 0 Å². The monoisotopic (exact) mass is 208 g/mol. The molecule has 0 unspecified atom stereocenters. The first kappa shape index (κ1) is 11.7. The van der Waals surface area contributed by atoms with Crippen LogP contribution in [0.2, 0.25) is 0 Å². The van der Waals surface area contributed by atoms with Crippen molar-refractivity contribution in [1.29, 1.82) is 5.26 Å². The lowest BCUT2D eigenvalue weighted by Crippen LogP contribution is -2.29. The van der Waals surface area contributed by atoms with Gasteiger partial charge in [0, 0.05) is 31.6 Å². The smallest absolute Gasteiger partial charge is 0.328 e. The molecule has 1 rings (SSSR count). The third kappa shape index (κ3) is 4.61. The van der Waals surface area contributed by atoms with Crippen LogP contribution >= 0.6 is 0 Å². The van der Waals surface area contributed by atoms with Crippen molar-refractivity contribution >= 4 is 5.97 Å². The Morgan fingerprint density at radius 3 is 2.80 bits per heavy atom. The van der Waals surface area contributed by atoms with Gasteiger partial charge in [-0.15, -0.1) is 0 Å². The molecule has 15 heavy (non-hydrogen) atoms. The first-order valence-corrected chi connectivity index (χ1v) is 5.14. The molecule has 0 saturated heterocycles. The summed E-state index contributed by atoms with van der Waals surface area (Å²) in [4.78, 5) is 12.6. The average molecular weight is 208 g/mol. The van der Waals surface area contributed by atoms with Crippen LogP contribution in [0, 0.1) is 11.3 Å². The van der Waals surface area contributed by atoms with Crippen LogP contribution in [0.15, 0.2) is 11.6 Å². The van der Waals surface area contributed by atoms with Crippen LogP contribution < -0.4 is 0 Å². The van der Waals surface area contributed by atoms with Gasteiger partial charge >= 0.3 is 5.97 Å². The second kappa shape index (κ2) is 5.52. The number of nitrogens with zero attached hydrogens (tertiary/aromatic N) is 2. The lowest BCUT2D eigenvalue weighted by atomic mass is 10.2. The quantitative estimate of drug-likeness (QED) is 0.670. The molecular formula is C11H16N2O2. The van der Waals surface area contributed by atoms with Gasteiger partial charge < -0.3 is 5.11 Å². The zero-order valence-electron chi connectivity index (χ0n) is 8.94. The Hall–Kier alpha value is -1.34. The summed E-state index contributed by atoms with van der Waals surface area (Å²) in [6.45, 7) is 3.22. The largest absolute Gasteiger partial charge is 0.478 e. The number of nitriles is 1. The standard InChI is InChI=1S/C11H16N2O2/c1-9(7-11(14)15)8-13(6-2-5-12)10-3-4-10/h7,10H,2-4,6,8H2,1H3,(H,14,15). The second-order valence-electron chi connectivity index (χ2n) is 3.94. The van der Waals surface area contributed by atoms with Gasteiger partial charge in [0.05, 0.1) is 6.07 Å². The predicted molar refractivity (Wildman–Crippen MR) is 56.2 cm³/mol. The number of hydrogen-bond acceptors (Lipinski definition) is 3. The molecule has 0 radical (unpaired) electrons. The zero-order chi connectivity index (χ0) is 11.3. The Morgan fingerprint density at radius 1 is 1.67 bits per heavy atom. The second-order valence-corrected chi connectivity index (χ2v) is 3.94. The highest BCUT2D eigenvalue weighted by atomic mass is 16.4. The van der Waals surface area contributed by atoms with Gasteiger partial charge in [-0.3, -0.25) is 4.90 Å². The molecule has 1 saturated carbocycles. The number of aliphatic carboxylic acids is 1. The Balaban J connectivity index is 2.43. The van der Waals surface area contributed by atoms with Crippen molar-refractivity contribution in [2.75, 3.05) is 13.1 Å². The lowest BCUT2D eigenvalue weighted by molar-refractivity contribution is -0.131. The number of carbonyl (C=O) groups is 1. The fourth-order valence-corrected chi connectivity index (χ4v) is 1.60. The molecule has 0 aromatic carbocycles. The first-order valence-electron chi connectivity index (χ1n) is 5.14. The summed E-state index contributed by atoms with van der Waals surface area (Å²) in [5.74, 6) is -0.900. The highest BCUT2D eigenvalue weighted by Crippen LogP contribution is 2.27. The normalized spacial score (nSPS) is 16.5. The van der Waals surface area contributed by atoms with Crippen LogP contribution in [0.4, 0.5) is 0 Å². The van der Waals surface area contributed by atoms with E-state index in [0.29, 0.717) is 19.0 Å². The summed E-state index contributed by atoms with van der Waals surface area (Å²) < 4.78 is 0. The molecule has 4 heteroatoms. The van der Waals surface area contributed by atoms with Gasteiger partial charge in [0.15, 0.2) is 0 Å². The summed E-state index contributed by atoms with van der Waals surface area (Å²) in [7, 11) is 0. The van der Waals surface area contributed by atoms with Gasteiger partial charge in [0.25, 0.3) is 0 Å². The minimum absolute atomic E-state index is 0.511. The molecular weight excluding hydrogens is 192 g/mol. The lowest BCUT2D eigenvalue weighted by Gasteiger charge is -2.20. The summed E-state index contributed by atoms with van der Waals surface area (Å²) >= 11 is 0. The molecule has 1 aliphatic carbocycles. The van der Waals surface area contributed by atoms with E-state index in [0.717, 1.165) is 12.1 Å². The maximum absolute atomic E-state index is 10.4. The van der Waals surface area contributed by atoms with Gasteiger partial charge in [-0.25, -0.2) is 4.79 Å². The fourth-order valence-electron chi connectivity index (χ4n) is 1.60. The summed E-state index contributed by atoms with van der Waals surface area (Å²) in [5.41, 5.74) is 0.840. The van der Waals surface area contributed by atoms with E-state index in [2.05, 4.69) is 11.0 Å². The van der Waals surface area contributed by atoms with Gasteiger partial charge in [-0.2, -0.15) is 5.26 Å². The number of rotatable bonds is 6. The minimum Gasteiger partial charge on any atom is -0.478 e. The van der Waals surface area contributed by atoms with Gasteiger partial charge in [-0.1, -0.05) is 5.57 Å². The Kier molecular flexibility index (Phi) is 4.32. The topological polar surface area (TPSA) is 64.3 Å². The van der Waals surface area contributed by atoms with E-state index in [4.69, 9.17) is 10.4 Å². The summed E-state index contributed by atoms with van der Waals surface area (Å²) in [6.07, 6.45) is 4.09. The fraction of sp³-hybridized carbons (Fsp3) is 0.636. The van der Waals surface area contributed by atoms with E-state index in [-0.39, 0.29) is 0 Å². The van der Waals surface area contributed by atoms with E-state index in [9.17, 15) is 4.79 Å². The van der Waals surface area contributed by atoms with E-state index in [1.54, 1.807) is 0 Å². The maximum atomic E-state index is 10.4. The van der Waals surface area contributed by atoms with Crippen LogP contribution in [0.25, 0.3) is 0 Å². The SMILES string of the molecule is CC(=CC(=O)O)CN(CCC#N)C1CC1. The molecule has 0 aromatic heterocycles. The summed E-state index contributed by atoms with van der Waals surface area (Å²) in [6, 6.07) is 2.68. The van der Waals surface area contributed by atoms with Crippen LogP contribution in [-0.4, -0.2) is 35.1 Å². The molecule has 4 nitrogen and oxygen atoms in total. The van der Waals surface area contributed by atoms with Crippen molar-refractivity contribution in [3.8, 4) is 6.07 Å². The molecule has 0 aliphatic heterocycles. The average Bonchev–Trinajstić information content (AvgIpc) is 2.93. The van der Waals surface area contributed by atoms with Crippen molar-refractivity contribution in [2.24, 2.45) is 0 Å². The van der Waals surface area contributed by atoms with E-state index in [1.165, 1.54) is 18.9 Å². The molecule has 0 bridgehead atoms. The number of carboxylic acids is 1. The van der Waals surface area contributed by atoms with Crippen LogP contribution in [-0.2, 0) is 4.79 Å². The number of carboxylic acid groups (broad SMARTS) is 1. The first-order chi connectivity index (χ1) is 7.13. The molecule has 0 aromatic rings. The third-order valence-corrected chi connectivity index (χ3v) is 2.40.